The molecule has 0 spiro atoms. The molecule has 0 atom stereocenters. The van der Waals surface area contributed by atoms with Crippen LogP contribution in [0.15, 0.2) is 41.0 Å². The second-order valence-corrected chi connectivity index (χ2v) is 3.65. The predicted octanol–water partition coefficient (Wildman–Crippen LogP) is 1.37. The molecule has 88 valence electrons. The Morgan fingerprint density at radius 2 is 1.94 bits per heavy atom. The zero-order valence-electron chi connectivity index (χ0n) is 9.14. The van der Waals surface area contributed by atoms with Crippen LogP contribution in [-0.4, -0.2) is 5.91 Å². The molecular weight excluding hydrogens is 218 g/mol. The number of rotatable bonds is 3. The van der Waals surface area contributed by atoms with Crippen LogP contribution in [0.25, 0.3) is 0 Å². The maximum absolute atomic E-state index is 11.8. The highest BCUT2D eigenvalue weighted by atomic mass is 16.3. The van der Waals surface area contributed by atoms with E-state index >= 15 is 0 Å². The normalized spacial score (nSPS) is 10.1. The van der Waals surface area contributed by atoms with Gasteiger partial charge in [-0.2, -0.15) is 0 Å². The van der Waals surface area contributed by atoms with Crippen LogP contribution in [-0.2, 0) is 6.54 Å². The molecule has 17 heavy (non-hydrogen) atoms. The molecule has 0 bridgehead atoms. The molecule has 1 heterocycles. The van der Waals surface area contributed by atoms with Gasteiger partial charge in [0.25, 0.3) is 5.91 Å². The number of anilines is 2. The Balaban J connectivity index is 2.04. The highest BCUT2D eigenvalue weighted by Crippen LogP contribution is 2.13. The minimum atomic E-state index is -0.236. The lowest BCUT2D eigenvalue weighted by molar-refractivity contribution is 0.0948. The van der Waals surface area contributed by atoms with Crippen LogP contribution in [0.3, 0.4) is 0 Å². The van der Waals surface area contributed by atoms with E-state index in [9.17, 15) is 4.79 Å². The molecule has 5 N–H and O–H groups in total. The smallest absolute Gasteiger partial charge is 0.251 e. The second-order valence-electron chi connectivity index (χ2n) is 3.65. The molecule has 5 heteroatoms. The first-order chi connectivity index (χ1) is 8.15. The summed E-state index contributed by atoms with van der Waals surface area (Å²) in [5.74, 6) is 0.454. The van der Waals surface area contributed by atoms with Crippen molar-refractivity contribution >= 4 is 17.3 Å². The van der Waals surface area contributed by atoms with Crippen molar-refractivity contribution in [3.8, 4) is 0 Å². The molecule has 2 rings (SSSR count). The van der Waals surface area contributed by atoms with Gasteiger partial charge in [0.1, 0.15) is 5.76 Å². The van der Waals surface area contributed by atoms with Crippen molar-refractivity contribution in [1.29, 1.82) is 0 Å². The van der Waals surface area contributed by atoms with Crippen molar-refractivity contribution in [2.45, 2.75) is 6.54 Å². The average molecular weight is 231 g/mol. The van der Waals surface area contributed by atoms with Crippen molar-refractivity contribution in [3.05, 3.63) is 47.9 Å². The van der Waals surface area contributed by atoms with Crippen molar-refractivity contribution in [1.82, 2.24) is 5.32 Å². The zero-order valence-corrected chi connectivity index (χ0v) is 9.14. The number of benzene rings is 1. The first-order valence-corrected chi connectivity index (χ1v) is 5.12. The molecule has 0 aliphatic rings. The molecule has 1 aromatic heterocycles. The van der Waals surface area contributed by atoms with E-state index in [0.29, 0.717) is 29.2 Å². The minimum absolute atomic E-state index is 0.236. The van der Waals surface area contributed by atoms with Gasteiger partial charge in [-0.1, -0.05) is 0 Å². The number of hydrogen-bond acceptors (Lipinski definition) is 4. The third-order valence-electron chi connectivity index (χ3n) is 2.24. The molecule has 0 radical (unpaired) electrons. The van der Waals surface area contributed by atoms with Gasteiger partial charge in [-0.25, -0.2) is 0 Å². The van der Waals surface area contributed by atoms with Gasteiger partial charge < -0.3 is 21.2 Å². The summed E-state index contributed by atoms with van der Waals surface area (Å²) < 4.78 is 5.10. The van der Waals surface area contributed by atoms with Crippen LogP contribution in [0, 0.1) is 0 Å². The monoisotopic (exact) mass is 231 g/mol. The van der Waals surface area contributed by atoms with E-state index in [4.69, 9.17) is 15.9 Å². The molecule has 0 unspecified atom stereocenters. The molecule has 0 fully saturated rings. The molecule has 0 aliphatic carbocycles. The summed E-state index contributed by atoms with van der Waals surface area (Å²) >= 11 is 0. The average Bonchev–Trinajstić information content (AvgIpc) is 2.77. The first-order valence-electron chi connectivity index (χ1n) is 5.12. The molecule has 1 amide bonds. The van der Waals surface area contributed by atoms with Gasteiger partial charge in [0.05, 0.1) is 12.8 Å². The fraction of sp³-hybridized carbons (Fsp3) is 0.0833. The number of carbonyl (C=O) groups is 1. The van der Waals surface area contributed by atoms with Gasteiger partial charge in [-0.05, 0) is 30.3 Å². The summed E-state index contributed by atoms with van der Waals surface area (Å²) in [5, 5.41) is 2.71. The standard InChI is InChI=1S/C12H13N3O2/c13-9-4-8(5-10(14)6-9)12(16)15-7-11-2-1-3-17-11/h1-6H,7,13-14H2,(H,15,16). The Morgan fingerprint density at radius 1 is 1.24 bits per heavy atom. The number of nitrogens with two attached hydrogens (primary N) is 2. The van der Waals surface area contributed by atoms with Gasteiger partial charge in [0, 0.05) is 16.9 Å². The van der Waals surface area contributed by atoms with Gasteiger partial charge in [0.2, 0.25) is 0 Å². The summed E-state index contributed by atoms with van der Waals surface area (Å²) in [4.78, 5) is 11.8. The van der Waals surface area contributed by atoms with Crippen molar-refractivity contribution in [2.24, 2.45) is 0 Å². The van der Waals surface area contributed by atoms with Crippen LogP contribution in [0.5, 0.6) is 0 Å². The summed E-state index contributed by atoms with van der Waals surface area (Å²) in [6, 6.07) is 8.30. The van der Waals surface area contributed by atoms with Crippen molar-refractivity contribution in [2.75, 3.05) is 11.5 Å². The summed E-state index contributed by atoms with van der Waals surface area (Å²) in [6.45, 7) is 0.334. The van der Waals surface area contributed by atoms with E-state index in [1.807, 2.05) is 0 Å². The second kappa shape index (κ2) is 4.61. The first kappa shape index (κ1) is 11.1. The SMILES string of the molecule is Nc1cc(N)cc(C(=O)NCc2ccco2)c1. The third-order valence-corrected chi connectivity index (χ3v) is 2.24. The number of nitrogen functional groups attached to an aromatic ring is 2. The fourth-order valence-corrected chi connectivity index (χ4v) is 1.49. The number of nitrogens with one attached hydrogen (secondary N) is 1. The predicted molar refractivity (Wildman–Crippen MR) is 65.1 cm³/mol. The lowest BCUT2D eigenvalue weighted by Gasteiger charge is -2.05. The Bertz CT molecular complexity index is 500. The van der Waals surface area contributed by atoms with Crippen molar-refractivity contribution < 1.29 is 9.21 Å². The van der Waals surface area contributed by atoms with E-state index in [0.717, 1.165) is 0 Å². The Hall–Kier alpha value is -2.43. The van der Waals surface area contributed by atoms with Gasteiger partial charge in [0.15, 0.2) is 0 Å². The minimum Gasteiger partial charge on any atom is -0.467 e. The molecular formula is C12H13N3O2. The Kier molecular flexibility index (Phi) is 3.00. The maximum atomic E-state index is 11.8. The van der Waals surface area contributed by atoms with Crippen molar-refractivity contribution in [3.63, 3.8) is 0 Å². The van der Waals surface area contributed by atoms with E-state index in [1.165, 1.54) is 0 Å². The van der Waals surface area contributed by atoms with E-state index < -0.39 is 0 Å². The summed E-state index contributed by atoms with van der Waals surface area (Å²) in [7, 11) is 0. The molecule has 1 aromatic carbocycles. The van der Waals surface area contributed by atoms with E-state index in [1.54, 1.807) is 36.6 Å². The number of furan rings is 1. The van der Waals surface area contributed by atoms with Gasteiger partial charge >= 0.3 is 0 Å². The highest BCUT2D eigenvalue weighted by Gasteiger charge is 2.07. The highest BCUT2D eigenvalue weighted by molar-refractivity contribution is 5.96. The molecule has 0 saturated heterocycles. The number of amides is 1. The lowest BCUT2D eigenvalue weighted by Crippen LogP contribution is -2.22. The summed E-state index contributed by atoms with van der Waals surface area (Å²) in [6.07, 6.45) is 1.56. The van der Waals surface area contributed by atoms with E-state index in [2.05, 4.69) is 5.32 Å². The fourth-order valence-electron chi connectivity index (χ4n) is 1.49. The number of hydrogen-bond donors (Lipinski definition) is 3. The van der Waals surface area contributed by atoms with Crippen LogP contribution in [0.1, 0.15) is 16.1 Å². The van der Waals surface area contributed by atoms with Crippen LogP contribution < -0.4 is 16.8 Å². The third kappa shape index (κ3) is 2.78. The van der Waals surface area contributed by atoms with Gasteiger partial charge in [-0.15, -0.1) is 0 Å². The maximum Gasteiger partial charge on any atom is 0.251 e. The zero-order chi connectivity index (χ0) is 12.3. The Labute approximate surface area is 98.4 Å². The van der Waals surface area contributed by atoms with Crippen LogP contribution >= 0.6 is 0 Å². The van der Waals surface area contributed by atoms with E-state index in [-0.39, 0.29) is 5.91 Å². The molecule has 0 saturated carbocycles. The Morgan fingerprint density at radius 3 is 2.53 bits per heavy atom. The largest absolute Gasteiger partial charge is 0.467 e. The summed E-state index contributed by atoms with van der Waals surface area (Å²) in [5.41, 5.74) is 12.6. The number of carbonyl (C=O) groups excluding carboxylic acids is 1. The van der Waals surface area contributed by atoms with Crippen LogP contribution in [0.2, 0.25) is 0 Å². The quantitative estimate of drug-likeness (QED) is 0.695. The van der Waals surface area contributed by atoms with Crippen LogP contribution in [0.4, 0.5) is 11.4 Å². The topological polar surface area (TPSA) is 94.3 Å². The lowest BCUT2D eigenvalue weighted by atomic mass is 10.1. The molecule has 2 aromatic rings. The molecule has 0 aliphatic heterocycles. The molecule has 5 nitrogen and oxygen atoms in total. The van der Waals surface area contributed by atoms with Gasteiger partial charge in [-0.3, -0.25) is 4.79 Å².